The molecule has 3 saturated heterocycles. The monoisotopic (exact) mass is 1710 g/mol. The highest BCUT2D eigenvalue weighted by Crippen LogP contribution is 2.47. The number of aromatic amines is 3. The van der Waals surface area contributed by atoms with Crippen molar-refractivity contribution >= 4 is 139 Å². The van der Waals surface area contributed by atoms with Crippen molar-refractivity contribution in [2.75, 3.05) is 80.3 Å². The molecule has 32 heteroatoms. The molecule has 7 aromatic rings. The fourth-order valence-electron chi connectivity index (χ4n) is 17.9. The van der Waals surface area contributed by atoms with E-state index in [1.807, 2.05) is 24.3 Å². The summed E-state index contributed by atoms with van der Waals surface area (Å²) in [5, 5.41) is 49.9. The first-order valence-corrected chi connectivity index (χ1v) is 46.7. The van der Waals surface area contributed by atoms with Gasteiger partial charge in [-0.05, 0) is 191 Å². The molecule has 5 aliphatic rings. The molecule has 3 fully saturated rings. The molecule has 0 spiro atoms. The number of para-hydroxylation sites is 1. The number of nitrogens with one attached hydrogen (secondary N) is 12. The normalized spacial score (nSPS) is 24.4. The van der Waals surface area contributed by atoms with Gasteiger partial charge in [-0.25, -0.2) is 0 Å². The topological polar surface area (TPSA) is 425 Å². The molecule has 0 bridgehead atoms. The molecule has 3 aliphatic heterocycles. The third-order valence-electron chi connectivity index (χ3n) is 23.8. The number of aromatic nitrogens is 3. The number of likely N-dealkylation sites (tertiary alicyclic amines) is 2. The van der Waals surface area contributed by atoms with E-state index in [0.717, 1.165) is 86.9 Å². The van der Waals surface area contributed by atoms with Gasteiger partial charge in [0.25, 0.3) is 0 Å². The third-order valence-corrected chi connectivity index (χ3v) is 29.2. The summed E-state index contributed by atoms with van der Waals surface area (Å²) in [5.74, 6) is -4.43. The third kappa shape index (κ3) is 23.5. The van der Waals surface area contributed by atoms with Crippen LogP contribution < -0.4 is 59.3 Å². The second-order valence-electron chi connectivity index (χ2n) is 32.5. The van der Waals surface area contributed by atoms with E-state index in [4.69, 9.17) is 11.5 Å². The van der Waals surface area contributed by atoms with Crippen LogP contribution >= 0.6 is 47.0 Å². The van der Waals surface area contributed by atoms with Crippen molar-refractivity contribution in [3.05, 3.63) is 137 Å². The smallest absolute Gasteiger partial charge is 0.244 e. The molecule has 0 saturated carbocycles. The van der Waals surface area contributed by atoms with Crippen molar-refractivity contribution in [3.8, 4) is 5.75 Å². The van der Waals surface area contributed by atoms with E-state index in [1.165, 1.54) is 92.9 Å². The zero-order valence-corrected chi connectivity index (χ0v) is 71.7. The van der Waals surface area contributed by atoms with E-state index < -0.39 is 113 Å². The van der Waals surface area contributed by atoms with Crippen molar-refractivity contribution in [1.82, 2.24) is 72.6 Å². The number of benzene rings is 4. The van der Waals surface area contributed by atoms with Gasteiger partial charge in [0.1, 0.15) is 48.0 Å². The van der Waals surface area contributed by atoms with E-state index in [9.17, 15) is 43.8 Å². The van der Waals surface area contributed by atoms with E-state index in [0.29, 0.717) is 91.9 Å². The Balaban J connectivity index is 0.802. The summed E-state index contributed by atoms with van der Waals surface area (Å²) in [6.07, 6.45) is 12.7. The van der Waals surface area contributed by atoms with Crippen molar-refractivity contribution in [2.24, 2.45) is 23.3 Å². The first-order chi connectivity index (χ1) is 57.6. The molecule has 28 nitrogen and oxygen atoms in total. The van der Waals surface area contributed by atoms with Crippen LogP contribution in [0.4, 0.5) is 0 Å². The number of hydrogen-bond donors (Lipinski definition) is 16. The lowest BCUT2D eigenvalue weighted by molar-refractivity contribution is -0.134. The second-order valence-corrected chi connectivity index (χ2v) is 37.4. The number of primary amides is 1. The number of phenolic OH excluding ortho intramolecular Hbond substituents is 1. The number of amides is 10. The van der Waals surface area contributed by atoms with Crippen LogP contribution in [0.5, 0.6) is 5.75 Å². The number of nitrogens with two attached hydrogens (primary N) is 2. The van der Waals surface area contributed by atoms with Gasteiger partial charge < -0.3 is 84.5 Å². The number of piperidine rings is 2. The number of rotatable bonds is 33. The number of nitrogens with zero attached hydrogens (tertiary/aromatic N) is 2. The minimum absolute atomic E-state index is 0.0154. The molecule has 12 rings (SSSR count). The Morgan fingerprint density at radius 3 is 1.86 bits per heavy atom. The Morgan fingerprint density at radius 1 is 0.639 bits per heavy atom. The lowest BCUT2D eigenvalue weighted by Crippen LogP contribution is -2.60. The predicted octanol–water partition coefficient (Wildman–Crippen LogP) is 5.98. The number of carbonyl (C=O) groups is 10. The first kappa shape index (κ1) is 89.5. The summed E-state index contributed by atoms with van der Waals surface area (Å²) >= 11 is 5.61. The Bertz CT molecular complexity index is 4680. The second kappa shape index (κ2) is 43.1. The Hall–Kier alpha value is -8.76. The maximum atomic E-state index is 15.7. The molecule has 0 radical (unpaired) electrons. The largest absolute Gasteiger partial charge is 0.508 e. The highest BCUT2D eigenvalue weighted by molar-refractivity contribution is 8.17. The SMILES string of the molecule is CCCN1C[C@H](CSCC(=O)NCCCC[C@@H](NC(=O)CSC[C@@H]2C[C@@H]3c4cccc5[nH]cc(c45)C[C@H]3N(CCC)C2)C(=O)N[C@H]2CS[C@H](CCCCN)SC[C@@H](C(=O)N[C@H](C(N)=O)[C@@H](C)O)NC(=O)[C@H](CC)NC(=O)CNC(=O)[C@@H](Cc3c[nH]c4ccccc34)NC(=O)[C@H](Cc3ccc(O)cc3)NC2=O)C[C@@H]2c3cccc4[nH]cc(c34)C[C@H]21. The van der Waals surface area contributed by atoms with Gasteiger partial charge in [-0.2, -0.15) is 23.5 Å². The average Bonchev–Trinajstić information content (AvgIpc) is 1.69. The lowest BCUT2D eigenvalue weighted by atomic mass is 9.72. The number of aliphatic hydroxyl groups excluding tert-OH is 1. The molecule has 2 aliphatic carbocycles. The van der Waals surface area contributed by atoms with Gasteiger partial charge >= 0.3 is 0 Å². The average molecular weight is 1710 g/mol. The van der Waals surface area contributed by atoms with Crippen LogP contribution in [0, 0.1) is 11.8 Å². The van der Waals surface area contributed by atoms with Crippen molar-refractivity contribution in [1.29, 1.82) is 0 Å². The summed E-state index contributed by atoms with van der Waals surface area (Å²) in [5.41, 5.74) is 21.4. The van der Waals surface area contributed by atoms with Crippen LogP contribution in [-0.4, -0.2) is 239 Å². The number of phenols is 1. The number of aliphatic hydroxyl groups is 1. The minimum Gasteiger partial charge on any atom is -0.508 e. The van der Waals surface area contributed by atoms with Gasteiger partial charge in [0.05, 0.1) is 28.7 Å². The number of carbonyl (C=O) groups excluding carboxylic acids is 10. The molecule has 4 aromatic carbocycles. The zero-order valence-electron chi connectivity index (χ0n) is 68.4. The molecule has 642 valence electrons. The van der Waals surface area contributed by atoms with Crippen LogP contribution in [0.3, 0.4) is 0 Å². The Labute approximate surface area is 712 Å². The Morgan fingerprint density at radius 2 is 1.24 bits per heavy atom. The van der Waals surface area contributed by atoms with Gasteiger partial charge in [0.2, 0.25) is 59.1 Å². The number of H-pyrrole nitrogens is 3. The molecular formula is C87H118N16O12S4. The zero-order chi connectivity index (χ0) is 84.2. The molecular weight excluding hydrogens is 1590 g/mol. The van der Waals surface area contributed by atoms with E-state index in [2.05, 4.69) is 135 Å². The van der Waals surface area contributed by atoms with Crippen molar-refractivity contribution in [3.63, 3.8) is 0 Å². The van der Waals surface area contributed by atoms with E-state index in [-0.39, 0.29) is 66.3 Å². The van der Waals surface area contributed by atoms with Crippen LogP contribution in [0.1, 0.15) is 144 Å². The maximum absolute atomic E-state index is 15.7. The van der Waals surface area contributed by atoms with E-state index in [1.54, 1.807) is 37.0 Å². The van der Waals surface area contributed by atoms with Crippen LogP contribution in [0.25, 0.3) is 32.7 Å². The lowest BCUT2D eigenvalue weighted by Gasteiger charge is -2.47. The standard InChI is InChI=1S/C87H118N16O12S4/c1-5-30-102-42-52(32-61-59-17-14-21-65-78(59)55(39-92-65)36-72(61)102)44-116-48-75(107)90-29-13-11-20-67(96-76(108)49-117-45-53-33-62-60-18-15-22-66-79(60)56(40-93-66)37-73(62)103(43-53)31-6-2)84(112)100-70-46-118-77(23-10-12-28-88)119-47-71(87(115)101-80(50(4)104)81(89)109)99-83(111)63(7-3)95-74(106)41-94-82(110)69(35-54-38-91-64-19-9-8-16-58(54)64)98-85(113)68(97-86(70)114)34-51-24-26-57(105)27-25-51/h8-9,14-19,21-22,24-27,38-40,50,52-53,61-63,67-73,77,80,91-93,104-105H,5-7,10-13,20,23,28-37,41-49,88H2,1-4H3,(H2,89,109)(H,90,107)(H,94,110)(H,95,106)(H,96,108)(H,97,114)(H,98,113)(H,99,111)(H,100,112)(H,101,115)/t50-,52-,53-,61-,62-,63+,67-,68+,69-,70+,71+,72-,73-,77+,80+/m1/s1. The minimum atomic E-state index is -1.57. The summed E-state index contributed by atoms with van der Waals surface area (Å²) < 4.78 is -0.528. The molecule has 15 atom stereocenters. The fraction of sp³-hybridized carbons (Fsp3) is 0.540. The van der Waals surface area contributed by atoms with Crippen LogP contribution in [-0.2, 0) is 73.6 Å². The van der Waals surface area contributed by atoms with Gasteiger partial charge in [-0.1, -0.05) is 81.8 Å². The predicted molar refractivity (Wildman–Crippen MR) is 472 cm³/mol. The number of thioether (sulfide) groups is 4. The van der Waals surface area contributed by atoms with E-state index >= 15 is 14.4 Å². The first-order valence-electron chi connectivity index (χ1n) is 42.3. The molecule has 6 heterocycles. The van der Waals surface area contributed by atoms with Gasteiger partial charge in [0, 0.05) is 119 Å². The van der Waals surface area contributed by atoms with Gasteiger partial charge in [-0.15, -0.1) is 23.5 Å². The van der Waals surface area contributed by atoms with Gasteiger partial charge in [0.15, 0.2) is 0 Å². The molecule has 18 N–H and O–H groups in total. The molecule has 10 amide bonds. The molecule has 3 aromatic heterocycles. The quantitative estimate of drug-likeness (QED) is 0.0210. The summed E-state index contributed by atoms with van der Waals surface area (Å²) in [4.78, 5) is 161. The van der Waals surface area contributed by atoms with Crippen LogP contribution in [0.2, 0.25) is 0 Å². The highest BCUT2D eigenvalue weighted by Gasteiger charge is 2.44. The highest BCUT2D eigenvalue weighted by atomic mass is 32.2. The molecule has 0 unspecified atom stereocenters. The van der Waals surface area contributed by atoms with Crippen molar-refractivity contribution in [2.45, 2.75) is 201 Å². The van der Waals surface area contributed by atoms with Crippen LogP contribution in [0.15, 0.2) is 104 Å². The number of unbranched alkanes of at least 4 members (excludes halogenated alkanes) is 2. The molecule has 119 heavy (non-hydrogen) atoms. The summed E-state index contributed by atoms with van der Waals surface area (Å²) in [6.45, 7) is 11.1. The summed E-state index contributed by atoms with van der Waals surface area (Å²) in [6, 6.07) is 17.4. The van der Waals surface area contributed by atoms with Crippen molar-refractivity contribution < 1.29 is 58.2 Å². The fourth-order valence-corrected chi connectivity index (χ4v) is 22.7. The maximum Gasteiger partial charge on any atom is 0.244 e. The number of aromatic hydroxyl groups is 1. The number of hydrogen-bond acceptors (Lipinski definition) is 19. The number of fused-ring (bicyclic) bond motifs is 5. The van der Waals surface area contributed by atoms with Gasteiger partial charge in [-0.3, -0.25) is 57.7 Å². The Kier molecular flexibility index (Phi) is 32.4. The summed E-state index contributed by atoms with van der Waals surface area (Å²) in [7, 11) is 0.